The molecule has 2 aromatic heterocycles. The molecule has 1 aliphatic heterocycles. The minimum atomic E-state index is -0.235. The summed E-state index contributed by atoms with van der Waals surface area (Å²) in [5.74, 6) is 1.44. The van der Waals surface area contributed by atoms with Crippen LogP contribution in [0.2, 0.25) is 0 Å². The molecule has 32 heavy (non-hydrogen) atoms. The number of thiazole rings is 1. The molecular weight excluding hydrogens is 441 g/mol. The van der Waals surface area contributed by atoms with E-state index in [-0.39, 0.29) is 5.82 Å². The van der Waals surface area contributed by atoms with E-state index in [1.807, 2.05) is 18.2 Å². The summed E-state index contributed by atoms with van der Waals surface area (Å²) in [6.07, 6.45) is 3.82. The molecule has 8 heteroatoms. The SMILES string of the molecule is Fc1ccc(-c2nc(CSc3nnc(CN4CCCCC4)n3-c3ccccc3)cs2)cc1. The molecule has 5 rings (SSSR count). The molecular formula is C24H24FN5S2. The van der Waals surface area contributed by atoms with Gasteiger partial charge < -0.3 is 0 Å². The summed E-state index contributed by atoms with van der Waals surface area (Å²) in [4.78, 5) is 7.21. The van der Waals surface area contributed by atoms with Crippen LogP contribution in [-0.4, -0.2) is 37.7 Å². The van der Waals surface area contributed by atoms with Gasteiger partial charge in [0.1, 0.15) is 10.8 Å². The zero-order valence-electron chi connectivity index (χ0n) is 17.7. The maximum atomic E-state index is 13.2. The average Bonchev–Trinajstić information content (AvgIpc) is 3.47. The third-order valence-electron chi connectivity index (χ3n) is 5.52. The number of hydrogen-bond acceptors (Lipinski definition) is 6. The van der Waals surface area contributed by atoms with Gasteiger partial charge in [-0.3, -0.25) is 9.47 Å². The van der Waals surface area contributed by atoms with Gasteiger partial charge in [-0.1, -0.05) is 36.4 Å². The van der Waals surface area contributed by atoms with Crippen molar-refractivity contribution in [2.24, 2.45) is 0 Å². The first-order valence-corrected chi connectivity index (χ1v) is 12.7. The smallest absolute Gasteiger partial charge is 0.196 e. The summed E-state index contributed by atoms with van der Waals surface area (Å²) in [6.45, 7) is 3.05. The van der Waals surface area contributed by atoms with Crippen molar-refractivity contribution in [1.29, 1.82) is 0 Å². The van der Waals surface area contributed by atoms with Crippen molar-refractivity contribution in [3.05, 3.63) is 77.3 Å². The van der Waals surface area contributed by atoms with Gasteiger partial charge in [0.05, 0.1) is 12.2 Å². The van der Waals surface area contributed by atoms with Gasteiger partial charge in [-0.2, -0.15) is 0 Å². The first kappa shape index (κ1) is 21.3. The molecule has 0 aliphatic carbocycles. The van der Waals surface area contributed by atoms with E-state index in [2.05, 4.69) is 37.2 Å². The van der Waals surface area contributed by atoms with Crippen molar-refractivity contribution in [2.45, 2.75) is 36.7 Å². The Bertz CT molecular complexity index is 1150. The van der Waals surface area contributed by atoms with Crippen LogP contribution in [0.4, 0.5) is 4.39 Å². The van der Waals surface area contributed by atoms with Crippen LogP contribution < -0.4 is 0 Å². The summed E-state index contributed by atoms with van der Waals surface area (Å²) in [6, 6.07) is 16.8. The van der Waals surface area contributed by atoms with Crippen molar-refractivity contribution in [3.8, 4) is 16.3 Å². The lowest BCUT2D eigenvalue weighted by Crippen LogP contribution is -2.30. The lowest BCUT2D eigenvalue weighted by atomic mass is 10.1. The van der Waals surface area contributed by atoms with Crippen LogP contribution in [0, 0.1) is 5.82 Å². The van der Waals surface area contributed by atoms with Gasteiger partial charge >= 0.3 is 0 Å². The monoisotopic (exact) mass is 465 g/mol. The molecule has 0 unspecified atom stereocenters. The van der Waals surface area contributed by atoms with Crippen LogP contribution in [0.5, 0.6) is 0 Å². The molecule has 0 bridgehead atoms. The molecule has 0 atom stereocenters. The highest BCUT2D eigenvalue weighted by molar-refractivity contribution is 7.98. The summed E-state index contributed by atoms with van der Waals surface area (Å²) >= 11 is 3.22. The average molecular weight is 466 g/mol. The highest BCUT2D eigenvalue weighted by Gasteiger charge is 2.19. The fourth-order valence-corrected chi connectivity index (χ4v) is 5.68. The largest absolute Gasteiger partial charge is 0.296 e. The second-order valence-corrected chi connectivity index (χ2v) is 9.65. The maximum absolute atomic E-state index is 13.2. The molecule has 1 aliphatic rings. The first-order valence-electron chi connectivity index (χ1n) is 10.8. The summed E-state index contributed by atoms with van der Waals surface area (Å²) < 4.78 is 15.4. The zero-order valence-corrected chi connectivity index (χ0v) is 19.3. The van der Waals surface area contributed by atoms with Gasteiger partial charge in [-0.15, -0.1) is 21.5 Å². The van der Waals surface area contributed by atoms with E-state index in [4.69, 9.17) is 4.98 Å². The van der Waals surface area contributed by atoms with Gasteiger partial charge in [0.25, 0.3) is 0 Å². The fraction of sp³-hybridized carbons (Fsp3) is 0.292. The number of likely N-dealkylation sites (tertiary alicyclic amines) is 1. The van der Waals surface area contributed by atoms with Crippen LogP contribution in [0.3, 0.4) is 0 Å². The molecule has 1 saturated heterocycles. The highest BCUT2D eigenvalue weighted by atomic mass is 32.2. The van der Waals surface area contributed by atoms with Crippen molar-refractivity contribution in [2.75, 3.05) is 13.1 Å². The molecule has 2 aromatic carbocycles. The Labute approximate surface area is 195 Å². The third kappa shape index (κ3) is 4.92. The Morgan fingerprint density at radius 2 is 1.72 bits per heavy atom. The second-order valence-electron chi connectivity index (χ2n) is 7.85. The lowest BCUT2D eigenvalue weighted by Gasteiger charge is -2.26. The van der Waals surface area contributed by atoms with Crippen LogP contribution in [0.15, 0.2) is 65.1 Å². The number of nitrogens with zero attached hydrogens (tertiary/aromatic N) is 5. The van der Waals surface area contributed by atoms with E-state index in [9.17, 15) is 4.39 Å². The van der Waals surface area contributed by atoms with Crippen molar-refractivity contribution in [3.63, 3.8) is 0 Å². The Morgan fingerprint density at radius 3 is 2.50 bits per heavy atom. The maximum Gasteiger partial charge on any atom is 0.196 e. The zero-order chi connectivity index (χ0) is 21.8. The Hall–Kier alpha value is -2.55. The Kier molecular flexibility index (Phi) is 6.61. The summed E-state index contributed by atoms with van der Waals surface area (Å²) in [5, 5.41) is 12.9. The molecule has 5 nitrogen and oxygen atoms in total. The number of para-hydroxylation sites is 1. The van der Waals surface area contributed by atoms with Crippen molar-refractivity contribution < 1.29 is 4.39 Å². The van der Waals surface area contributed by atoms with Crippen molar-refractivity contribution in [1.82, 2.24) is 24.6 Å². The number of benzene rings is 2. The van der Waals surface area contributed by atoms with E-state index in [1.165, 1.54) is 31.4 Å². The van der Waals surface area contributed by atoms with E-state index in [0.717, 1.165) is 52.6 Å². The molecule has 164 valence electrons. The summed E-state index contributed by atoms with van der Waals surface area (Å²) in [7, 11) is 0. The highest BCUT2D eigenvalue weighted by Crippen LogP contribution is 2.29. The molecule has 1 fully saturated rings. The van der Waals surface area contributed by atoms with Gasteiger partial charge in [0.2, 0.25) is 0 Å². The van der Waals surface area contributed by atoms with Gasteiger partial charge in [0, 0.05) is 22.4 Å². The molecule has 0 radical (unpaired) electrons. The van der Waals surface area contributed by atoms with Crippen LogP contribution in [0.25, 0.3) is 16.3 Å². The van der Waals surface area contributed by atoms with E-state index in [0.29, 0.717) is 5.75 Å². The third-order valence-corrected chi connectivity index (χ3v) is 7.42. The summed E-state index contributed by atoms with van der Waals surface area (Å²) in [5.41, 5.74) is 3.00. The standard InChI is InChI=1S/C24H24FN5S2/c25-19-11-9-18(10-12-19)23-26-20(16-31-23)17-32-24-28-27-22(15-29-13-5-2-6-14-29)30(24)21-7-3-1-4-8-21/h1,3-4,7-12,16H,2,5-6,13-15,17H2. The fourth-order valence-electron chi connectivity index (χ4n) is 3.89. The van der Waals surface area contributed by atoms with Crippen LogP contribution in [-0.2, 0) is 12.3 Å². The minimum Gasteiger partial charge on any atom is -0.296 e. The predicted molar refractivity (Wildman–Crippen MR) is 128 cm³/mol. The normalized spacial score (nSPS) is 14.7. The number of piperidine rings is 1. The van der Waals surface area contributed by atoms with Gasteiger partial charge in [0.15, 0.2) is 11.0 Å². The number of thioether (sulfide) groups is 1. The van der Waals surface area contributed by atoms with Crippen LogP contribution in [0.1, 0.15) is 30.8 Å². The van der Waals surface area contributed by atoms with E-state index < -0.39 is 0 Å². The van der Waals surface area contributed by atoms with Gasteiger partial charge in [-0.25, -0.2) is 9.37 Å². The Morgan fingerprint density at radius 1 is 0.938 bits per heavy atom. The molecule has 4 aromatic rings. The first-order chi connectivity index (χ1) is 15.8. The van der Waals surface area contributed by atoms with E-state index in [1.54, 1.807) is 35.2 Å². The molecule has 0 saturated carbocycles. The molecule has 0 N–H and O–H groups in total. The number of hydrogen-bond donors (Lipinski definition) is 0. The van der Waals surface area contributed by atoms with Crippen LogP contribution >= 0.6 is 23.1 Å². The number of aromatic nitrogens is 4. The molecule has 3 heterocycles. The minimum absolute atomic E-state index is 0.235. The second kappa shape index (κ2) is 9.94. The quantitative estimate of drug-likeness (QED) is 0.323. The molecule has 0 amide bonds. The molecule has 0 spiro atoms. The number of rotatable bonds is 7. The predicted octanol–water partition coefficient (Wildman–Crippen LogP) is 5.81. The number of halogens is 1. The topological polar surface area (TPSA) is 46.8 Å². The van der Waals surface area contributed by atoms with Gasteiger partial charge in [-0.05, 0) is 62.3 Å². The van der Waals surface area contributed by atoms with Crippen molar-refractivity contribution >= 4 is 23.1 Å². The Balaban J connectivity index is 1.35. The lowest BCUT2D eigenvalue weighted by molar-refractivity contribution is 0.214. The van der Waals surface area contributed by atoms with E-state index >= 15 is 0 Å².